The van der Waals surface area contributed by atoms with E-state index in [2.05, 4.69) is 15.0 Å². The SMILES string of the molecule is CC.CC.CC.Cc1cc2nc(C)[nH]c2cn1. The van der Waals surface area contributed by atoms with Crippen LogP contribution in [0.5, 0.6) is 0 Å². The number of fused-ring (bicyclic) bond motifs is 1. The van der Waals surface area contributed by atoms with Gasteiger partial charge in [0, 0.05) is 5.69 Å². The van der Waals surface area contributed by atoms with Crippen LogP contribution in [0.2, 0.25) is 0 Å². The Kier molecular flexibility index (Phi) is 11.8. The van der Waals surface area contributed by atoms with E-state index in [0.29, 0.717) is 0 Å². The minimum atomic E-state index is 0.937. The summed E-state index contributed by atoms with van der Waals surface area (Å²) in [4.78, 5) is 11.5. The Hall–Kier alpha value is -1.38. The van der Waals surface area contributed by atoms with Crippen molar-refractivity contribution in [3.05, 3.63) is 23.8 Å². The first-order valence-corrected chi connectivity index (χ1v) is 6.55. The van der Waals surface area contributed by atoms with Crippen LogP contribution in [-0.4, -0.2) is 15.0 Å². The fraction of sp³-hybridized carbons (Fsp3) is 0.571. The highest BCUT2D eigenvalue weighted by Crippen LogP contribution is 2.09. The number of hydrogen-bond acceptors (Lipinski definition) is 2. The summed E-state index contributed by atoms with van der Waals surface area (Å²) < 4.78 is 0. The summed E-state index contributed by atoms with van der Waals surface area (Å²) in [6.45, 7) is 15.9. The van der Waals surface area contributed by atoms with Crippen molar-refractivity contribution in [2.45, 2.75) is 55.4 Å². The third-order valence-electron chi connectivity index (χ3n) is 1.62. The molecule has 1 N–H and O–H groups in total. The van der Waals surface area contributed by atoms with Gasteiger partial charge in [0.25, 0.3) is 0 Å². The van der Waals surface area contributed by atoms with E-state index in [9.17, 15) is 0 Å². The van der Waals surface area contributed by atoms with E-state index >= 15 is 0 Å². The van der Waals surface area contributed by atoms with Gasteiger partial charge in [-0.2, -0.15) is 0 Å². The molecular weight excluding hydrogens is 210 g/mol. The fourth-order valence-electron chi connectivity index (χ4n) is 1.14. The molecule has 3 nitrogen and oxygen atoms in total. The predicted molar refractivity (Wildman–Crippen MR) is 77.4 cm³/mol. The second-order valence-corrected chi connectivity index (χ2v) is 2.67. The van der Waals surface area contributed by atoms with E-state index in [1.807, 2.05) is 67.7 Å². The van der Waals surface area contributed by atoms with E-state index in [-0.39, 0.29) is 0 Å². The Bertz CT molecular complexity index is 391. The van der Waals surface area contributed by atoms with E-state index in [4.69, 9.17) is 0 Å². The van der Waals surface area contributed by atoms with Crippen molar-refractivity contribution in [1.29, 1.82) is 0 Å². The lowest BCUT2D eigenvalue weighted by Crippen LogP contribution is -1.78. The van der Waals surface area contributed by atoms with Gasteiger partial charge in [-0.15, -0.1) is 0 Å². The van der Waals surface area contributed by atoms with Crippen molar-refractivity contribution < 1.29 is 0 Å². The number of pyridine rings is 1. The quantitative estimate of drug-likeness (QED) is 0.724. The minimum Gasteiger partial charge on any atom is -0.341 e. The standard InChI is InChI=1S/C8H9N3.3C2H6/c1-5-3-7-8(4-9-5)11-6(2)10-7;3*1-2/h3-4H,1-2H3,(H,10,11);3*1-2H3. The van der Waals surface area contributed by atoms with Gasteiger partial charge < -0.3 is 4.98 Å². The van der Waals surface area contributed by atoms with Crippen LogP contribution in [-0.2, 0) is 0 Å². The van der Waals surface area contributed by atoms with Gasteiger partial charge in [0.05, 0.1) is 17.2 Å². The number of imidazole rings is 1. The lowest BCUT2D eigenvalue weighted by atomic mass is 10.3. The molecule has 0 bridgehead atoms. The van der Waals surface area contributed by atoms with Gasteiger partial charge in [-0.05, 0) is 19.9 Å². The Morgan fingerprint density at radius 2 is 1.47 bits per heavy atom. The first-order valence-electron chi connectivity index (χ1n) is 6.55. The van der Waals surface area contributed by atoms with Gasteiger partial charge in [0.15, 0.2) is 0 Å². The Balaban J connectivity index is 0. The molecule has 2 aromatic heterocycles. The molecule has 98 valence electrons. The summed E-state index contributed by atoms with van der Waals surface area (Å²) >= 11 is 0. The van der Waals surface area contributed by atoms with Gasteiger partial charge in [-0.3, -0.25) is 4.98 Å². The third-order valence-corrected chi connectivity index (χ3v) is 1.62. The van der Waals surface area contributed by atoms with Gasteiger partial charge in [-0.25, -0.2) is 4.98 Å². The summed E-state index contributed by atoms with van der Waals surface area (Å²) in [5.41, 5.74) is 3.01. The van der Waals surface area contributed by atoms with Crippen molar-refractivity contribution in [1.82, 2.24) is 15.0 Å². The molecule has 2 rings (SSSR count). The molecule has 0 aromatic carbocycles. The largest absolute Gasteiger partial charge is 0.341 e. The molecule has 17 heavy (non-hydrogen) atoms. The van der Waals surface area contributed by atoms with Crippen LogP contribution in [0, 0.1) is 13.8 Å². The van der Waals surface area contributed by atoms with Crippen LogP contribution >= 0.6 is 0 Å². The second-order valence-electron chi connectivity index (χ2n) is 2.67. The maximum absolute atomic E-state index is 4.28. The number of H-pyrrole nitrogens is 1. The number of hydrogen-bond donors (Lipinski definition) is 1. The Labute approximate surface area is 106 Å². The first kappa shape index (κ1) is 18.0. The lowest BCUT2D eigenvalue weighted by molar-refractivity contribution is 1.17. The molecule has 0 atom stereocenters. The van der Waals surface area contributed by atoms with Crippen LogP contribution in [0.15, 0.2) is 12.3 Å². The van der Waals surface area contributed by atoms with Crippen LogP contribution in [0.25, 0.3) is 11.0 Å². The number of nitrogens with zero attached hydrogens (tertiary/aromatic N) is 2. The second kappa shape index (κ2) is 11.1. The number of nitrogens with one attached hydrogen (secondary N) is 1. The molecule has 0 saturated carbocycles. The highest BCUT2D eigenvalue weighted by molar-refractivity contribution is 5.74. The average molecular weight is 237 g/mol. The van der Waals surface area contributed by atoms with Crippen LogP contribution in [0.4, 0.5) is 0 Å². The molecule has 2 heterocycles. The normalized spacial score (nSPS) is 8.00. The predicted octanol–water partition coefficient (Wildman–Crippen LogP) is 4.65. The average Bonchev–Trinajstić information content (AvgIpc) is 2.76. The monoisotopic (exact) mass is 237 g/mol. The minimum absolute atomic E-state index is 0.937. The van der Waals surface area contributed by atoms with Crippen molar-refractivity contribution >= 4 is 11.0 Å². The topological polar surface area (TPSA) is 41.6 Å². The molecular formula is C14H27N3. The van der Waals surface area contributed by atoms with E-state index < -0.39 is 0 Å². The maximum Gasteiger partial charge on any atom is 0.104 e. The number of aromatic nitrogens is 3. The summed E-state index contributed by atoms with van der Waals surface area (Å²) in [6, 6.07) is 1.97. The van der Waals surface area contributed by atoms with Crippen molar-refractivity contribution in [2.75, 3.05) is 0 Å². The molecule has 0 saturated heterocycles. The molecule has 0 amide bonds. The van der Waals surface area contributed by atoms with Crippen LogP contribution in [0.1, 0.15) is 53.1 Å². The van der Waals surface area contributed by atoms with Gasteiger partial charge in [0.1, 0.15) is 5.82 Å². The highest BCUT2D eigenvalue weighted by Gasteiger charge is 1.97. The van der Waals surface area contributed by atoms with Gasteiger partial charge in [-0.1, -0.05) is 41.5 Å². The molecule has 0 fully saturated rings. The zero-order chi connectivity index (χ0) is 13.8. The Morgan fingerprint density at radius 3 is 2.00 bits per heavy atom. The number of aryl methyl sites for hydroxylation is 2. The molecule has 3 heteroatoms. The van der Waals surface area contributed by atoms with Crippen LogP contribution < -0.4 is 0 Å². The number of rotatable bonds is 0. The van der Waals surface area contributed by atoms with E-state index in [0.717, 1.165) is 22.6 Å². The fourth-order valence-corrected chi connectivity index (χ4v) is 1.14. The van der Waals surface area contributed by atoms with Crippen LogP contribution in [0.3, 0.4) is 0 Å². The molecule has 0 aliphatic carbocycles. The van der Waals surface area contributed by atoms with E-state index in [1.54, 1.807) is 0 Å². The third kappa shape index (κ3) is 6.05. The van der Waals surface area contributed by atoms with Crippen molar-refractivity contribution in [3.8, 4) is 0 Å². The van der Waals surface area contributed by atoms with Crippen molar-refractivity contribution in [2.24, 2.45) is 0 Å². The zero-order valence-corrected chi connectivity index (χ0v) is 12.5. The van der Waals surface area contributed by atoms with Gasteiger partial charge >= 0.3 is 0 Å². The zero-order valence-electron chi connectivity index (χ0n) is 12.5. The first-order chi connectivity index (χ1) is 8.25. The van der Waals surface area contributed by atoms with E-state index in [1.165, 1.54) is 0 Å². The molecule has 0 aliphatic heterocycles. The lowest BCUT2D eigenvalue weighted by Gasteiger charge is -1.88. The summed E-state index contributed by atoms with van der Waals surface area (Å²) in [5.74, 6) is 0.937. The number of aromatic amines is 1. The van der Waals surface area contributed by atoms with Crippen molar-refractivity contribution in [3.63, 3.8) is 0 Å². The molecule has 0 spiro atoms. The smallest absolute Gasteiger partial charge is 0.104 e. The molecule has 2 aromatic rings. The highest BCUT2D eigenvalue weighted by atomic mass is 14.9. The summed E-state index contributed by atoms with van der Waals surface area (Å²) in [6.07, 6.45) is 1.81. The van der Waals surface area contributed by atoms with Gasteiger partial charge in [0.2, 0.25) is 0 Å². The molecule has 0 radical (unpaired) electrons. The summed E-state index contributed by atoms with van der Waals surface area (Å²) in [7, 11) is 0. The molecule has 0 aliphatic rings. The Morgan fingerprint density at radius 1 is 0.941 bits per heavy atom. The molecule has 0 unspecified atom stereocenters. The summed E-state index contributed by atoms with van der Waals surface area (Å²) in [5, 5.41) is 0. The maximum atomic E-state index is 4.28.